The van der Waals surface area contributed by atoms with Crippen molar-refractivity contribution in [3.63, 3.8) is 0 Å². The number of aromatic amines is 1. The number of ketones is 1. The van der Waals surface area contributed by atoms with Crippen LogP contribution in [0.25, 0.3) is 0 Å². The first-order valence-corrected chi connectivity index (χ1v) is 12.6. The summed E-state index contributed by atoms with van der Waals surface area (Å²) in [5.74, 6) is 0.672. The fourth-order valence-electron chi connectivity index (χ4n) is 6.89. The molecule has 1 amide bonds. The van der Waals surface area contributed by atoms with Crippen LogP contribution in [-0.4, -0.2) is 64.4 Å². The minimum absolute atomic E-state index is 0.0916. The summed E-state index contributed by atoms with van der Waals surface area (Å²) in [6.45, 7) is 7.63. The number of likely N-dealkylation sites (tertiary alicyclic amines) is 1. The smallest absolute Gasteiger partial charge is 0.241 e. The number of piperidine rings is 1. The maximum atomic E-state index is 13.3. The molecule has 0 aromatic carbocycles. The molecule has 1 aromatic rings. The van der Waals surface area contributed by atoms with Crippen LogP contribution in [0.4, 0.5) is 0 Å². The Hall–Kier alpha value is -1.66. The zero-order valence-corrected chi connectivity index (χ0v) is 19.3. The SMILES string of the molecule is CCc1c(C)[nH]c2c1C(=O)C(CN1CCC3(CC1)C(=O)NCN3C1CCCCC1)CC2. The van der Waals surface area contributed by atoms with E-state index in [0.29, 0.717) is 11.8 Å². The third-order valence-corrected chi connectivity index (χ3v) is 8.67. The Morgan fingerprint density at radius 1 is 1.06 bits per heavy atom. The second-order valence-electron chi connectivity index (χ2n) is 10.3. The Balaban J connectivity index is 1.25. The molecule has 3 fully saturated rings. The van der Waals surface area contributed by atoms with Crippen LogP contribution in [0.15, 0.2) is 0 Å². The molecular weight excluding hydrogens is 388 g/mol. The summed E-state index contributed by atoms with van der Waals surface area (Å²) in [6, 6.07) is 0.557. The van der Waals surface area contributed by atoms with E-state index in [4.69, 9.17) is 0 Å². The Morgan fingerprint density at radius 2 is 1.81 bits per heavy atom. The molecule has 2 saturated heterocycles. The first-order chi connectivity index (χ1) is 15.0. The molecule has 5 rings (SSSR count). The average molecular weight is 427 g/mol. The van der Waals surface area contributed by atoms with E-state index in [1.54, 1.807) is 0 Å². The number of H-pyrrole nitrogens is 1. The Labute approximate surface area is 186 Å². The summed E-state index contributed by atoms with van der Waals surface area (Å²) in [5.41, 5.74) is 4.21. The monoisotopic (exact) mass is 426 g/mol. The fraction of sp³-hybridized carbons (Fsp3) is 0.760. The molecule has 6 nitrogen and oxygen atoms in total. The topological polar surface area (TPSA) is 68.4 Å². The summed E-state index contributed by atoms with van der Waals surface area (Å²) in [7, 11) is 0. The average Bonchev–Trinajstić information content (AvgIpc) is 3.29. The van der Waals surface area contributed by atoms with Gasteiger partial charge in [-0.25, -0.2) is 0 Å². The van der Waals surface area contributed by atoms with Gasteiger partial charge < -0.3 is 15.2 Å². The van der Waals surface area contributed by atoms with Crippen molar-refractivity contribution in [2.24, 2.45) is 5.92 Å². The van der Waals surface area contributed by atoms with Gasteiger partial charge in [0.2, 0.25) is 5.91 Å². The normalized spacial score (nSPS) is 27.6. The van der Waals surface area contributed by atoms with Crippen molar-refractivity contribution in [3.05, 3.63) is 22.5 Å². The molecule has 1 spiro atoms. The number of carbonyl (C=O) groups excluding carboxylic acids is 2. The molecule has 3 heterocycles. The number of nitrogens with zero attached hydrogens (tertiary/aromatic N) is 2. The number of nitrogens with one attached hydrogen (secondary N) is 2. The van der Waals surface area contributed by atoms with E-state index in [1.165, 1.54) is 37.7 Å². The van der Waals surface area contributed by atoms with Crippen LogP contribution in [-0.2, 0) is 17.6 Å². The lowest BCUT2D eigenvalue weighted by Crippen LogP contribution is -2.59. The van der Waals surface area contributed by atoms with Crippen molar-refractivity contribution in [1.82, 2.24) is 20.1 Å². The predicted molar refractivity (Wildman–Crippen MR) is 121 cm³/mol. The maximum Gasteiger partial charge on any atom is 0.241 e. The van der Waals surface area contributed by atoms with Gasteiger partial charge in [0.05, 0.1) is 6.67 Å². The second-order valence-corrected chi connectivity index (χ2v) is 10.3. The van der Waals surface area contributed by atoms with Crippen LogP contribution >= 0.6 is 0 Å². The first kappa shape index (κ1) is 21.2. The molecule has 2 aliphatic carbocycles. The van der Waals surface area contributed by atoms with Gasteiger partial charge in [0.25, 0.3) is 0 Å². The molecule has 1 atom stereocenters. The molecule has 0 bridgehead atoms. The molecule has 1 saturated carbocycles. The summed E-state index contributed by atoms with van der Waals surface area (Å²) in [5, 5.41) is 3.17. The zero-order chi connectivity index (χ0) is 21.6. The van der Waals surface area contributed by atoms with Crippen LogP contribution in [0.3, 0.4) is 0 Å². The lowest BCUT2D eigenvalue weighted by Gasteiger charge is -2.46. The van der Waals surface area contributed by atoms with Gasteiger partial charge in [-0.15, -0.1) is 0 Å². The van der Waals surface area contributed by atoms with E-state index in [1.807, 2.05) is 0 Å². The highest BCUT2D eigenvalue weighted by Crippen LogP contribution is 2.38. The number of hydrogen-bond donors (Lipinski definition) is 2. The number of fused-ring (bicyclic) bond motifs is 1. The van der Waals surface area contributed by atoms with E-state index >= 15 is 0 Å². The van der Waals surface area contributed by atoms with Crippen molar-refractivity contribution in [2.45, 2.75) is 89.6 Å². The van der Waals surface area contributed by atoms with E-state index in [0.717, 1.165) is 75.4 Å². The van der Waals surface area contributed by atoms with Gasteiger partial charge in [0, 0.05) is 48.5 Å². The standard InChI is InChI=1S/C25H38N4O2/c1-3-20-17(2)27-21-10-9-18(23(30)22(20)21)15-28-13-11-25(12-14-28)24(31)26-16-29(25)19-7-5-4-6-8-19/h18-19,27H,3-16H2,1-2H3,(H,26,31). The number of amides is 1. The maximum absolute atomic E-state index is 13.3. The summed E-state index contributed by atoms with van der Waals surface area (Å²) >= 11 is 0. The number of aromatic nitrogens is 1. The molecule has 2 N–H and O–H groups in total. The van der Waals surface area contributed by atoms with Crippen molar-refractivity contribution in [1.29, 1.82) is 0 Å². The van der Waals surface area contributed by atoms with E-state index < -0.39 is 0 Å². The zero-order valence-electron chi connectivity index (χ0n) is 19.3. The number of rotatable bonds is 4. The quantitative estimate of drug-likeness (QED) is 0.776. The van der Waals surface area contributed by atoms with E-state index in [2.05, 4.69) is 33.9 Å². The Morgan fingerprint density at radius 3 is 2.52 bits per heavy atom. The number of hydrogen-bond acceptors (Lipinski definition) is 4. The summed E-state index contributed by atoms with van der Waals surface area (Å²) in [6.07, 6.45) is 11.0. The van der Waals surface area contributed by atoms with Crippen LogP contribution in [0.1, 0.15) is 85.6 Å². The molecule has 31 heavy (non-hydrogen) atoms. The lowest BCUT2D eigenvalue weighted by molar-refractivity contribution is -0.130. The first-order valence-electron chi connectivity index (χ1n) is 12.6. The Kier molecular flexibility index (Phi) is 5.72. The van der Waals surface area contributed by atoms with E-state index in [9.17, 15) is 9.59 Å². The molecule has 1 unspecified atom stereocenters. The minimum Gasteiger partial charge on any atom is -0.362 e. The molecule has 2 aliphatic heterocycles. The highest BCUT2D eigenvalue weighted by atomic mass is 16.2. The van der Waals surface area contributed by atoms with E-state index in [-0.39, 0.29) is 17.4 Å². The predicted octanol–water partition coefficient (Wildman–Crippen LogP) is 3.19. The van der Waals surface area contributed by atoms with Crippen LogP contribution in [0.2, 0.25) is 0 Å². The molecular formula is C25H38N4O2. The second kappa shape index (κ2) is 8.36. The number of carbonyl (C=O) groups is 2. The summed E-state index contributed by atoms with van der Waals surface area (Å²) < 4.78 is 0. The largest absolute Gasteiger partial charge is 0.362 e. The van der Waals surface area contributed by atoms with Gasteiger partial charge in [0.15, 0.2) is 5.78 Å². The fourth-order valence-corrected chi connectivity index (χ4v) is 6.89. The molecule has 1 aromatic heterocycles. The van der Waals surface area contributed by atoms with Crippen LogP contribution in [0.5, 0.6) is 0 Å². The number of aryl methyl sites for hydroxylation is 2. The van der Waals surface area contributed by atoms with Gasteiger partial charge in [-0.05, 0) is 57.4 Å². The lowest BCUT2D eigenvalue weighted by atomic mass is 9.81. The van der Waals surface area contributed by atoms with Gasteiger partial charge >= 0.3 is 0 Å². The highest BCUT2D eigenvalue weighted by Gasteiger charge is 2.52. The molecule has 6 heteroatoms. The molecule has 4 aliphatic rings. The van der Waals surface area contributed by atoms with Crippen molar-refractivity contribution < 1.29 is 9.59 Å². The van der Waals surface area contributed by atoms with Crippen LogP contribution < -0.4 is 5.32 Å². The van der Waals surface area contributed by atoms with Gasteiger partial charge in [0.1, 0.15) is 5.54 Å². The van der Waals surface area contributed by atoms with Crippen LogP contribution in [0, 0.1) is 12.8 Å². The summed E-state index contributed by atoms with van der Waals surface area (Å²) in [4.78, 5) is 34.7. The van der Waals surface area contributed by atoms with Crippen molar-refractivity contribution in [3.8, 4) is 0 Å². The number of Topliss-reactive ketones (excluding diaryl/α,β-unsaturated/α-hetero) is 1. The third-order valence-electron chi connectivity index (χ3n) is 8.67. The van der Waals surface area contributed by atoms with Gasteiger partial charge in [-0.1, -0.05) is 26.2 Å². The minimum atomic E-state index is -0.310. The molecule has 170 valence electrons. The van der Waals surface area contributed by atoms with Crippen molar-refractivity contribution >= 4 is 11.7 Å². The van der Waals surface area contributed by atoms with Gasteiger partial charge in [-0.3, -0.25) is 14.5 Å². The van der Waals surface area contributed by atoms with Crippen molar-refractivity contribution in [2.75, 3.05) is 26.3 Å². The highest BCUT2D eigenvalue weighted by molar-refractivity contribution is 6.01. The van der Waals surface area contributed by atoms with Gasteiger partial charge in [-0.2, -0.15) is 0 Å². The molecule has 0 radical (unpaired) electrons. The third kappa shape index (κ3) is 3.56. The Bertz CT molecular complexity index is 846.